The van der Waals surface area contributed by atoms with Gasteiger partial charge in [-0.1, -0.05) is 41.4 Å². The molecular weight excluding hydrogens is 381 g/mol. The van der Waals surface area contributed by atoms with Crippen molar-refractivity contribution in [3.05, 3.63) is 73.8 Å². The van der Waals surface area contributed by atoms with E-state index >= 15 is 0 Å². The number of nitrogens with one attached hydrogen (secondary N) is 1. The first-order valence-electron chi connectivity index (χ1n) is 7.55. The van der Waals surface area contributed by atoms with Crippen molar-refractivity contribution in [2.75, 3.05) is 0 Å². The SMILES string of the molecule is C[C@@]1(c2ccc(Cl)cc2Cl)NC(=O)N(Cc2ccc([N+](=O)[O-])cc2)C1=O. The van der Waals surface area contributed by atoms with Crippen LogP contribution in [0.2, 0.25) is 10.0 Å². The largest absolute Gasteiger partial charge is 0.325 e. The maximum absolute atomic E-state index is 12.9. The summed E-state index contributed by atoms with van der Waals surface area (Å²) in [5.74, 6) is -0.468. The van der Waals surface area contributed by atoms with Gasteiger partial charge in [0.15, 0.2) is 0 Å². The molecule has 2 aromatic carbocycles. The van der Waals surface area contributed by atoms with Gasteiger partial charge < -0.3 is 5.32 Å². The van der Waals surface area contributed by atoms with Gasteiger partial charge in [-0.3, -0.25) is 19.8 Å². The van der Waals surface area contributed by atoms with E-state index in [9.17, 15) is 19.7 Å². The molecule has 2 aromatic rings. The molecule has 1 saturated heterocycles. The molecule has 1 heterocycles. The van der Waals surface area contributed by atoms with Crippen LogP contribution < -0.4 is 5.32 Å². The maximum Gasteiger partial charge on any atom is 0.325 e. The maximum atomic E-state index is 12.9. The Bertz CT molecular complexity index is 917. The molecule has 0 aromatic heterocycles. The third-order valence-electron chi connectivity index (χ3n) is 4.23. The zero-order chi connectivity index (χ0) is 19.1. The number of carbonyl (C=O) groups is 2. The van der Waals surface area contributed by atoms with Crippen LogP contribution in [0.3, 0.4) is 0 Å². The van der Waals surface area contributed by atoms with Gasteiger partial charge in [-0.05, 0) is 24.6 Å². The lowest BCUT2D eigenvalue weighted by Crippen LogP contribution is -2.41. The van der Waals surface area contributed by atoms with Crippen LogP contribution in [-0.4, -0.2) is 21.8 Å². The van der Waals surface area contributed by atoms with Gasteiger partial charge >= 0.3 is 6.03 Å². The Morgan fingerprint density at radius 3 is 2.38 bits per heavy atom. The van der Waals surface area contributed by atoms with Crippen molar-refractivity contribution in [1.29, 1.82) is 0 Å². The normalized spacial score (nSPS) is 19.6. The van der Waals surface area contributed by atoms with Crippen LogP contribution in [0.1, 0.15) is 18.1 Å². The smallest absolute Gasteiger partial charge is 0.319 e. The van der Waals surface area contributed by atoms with Crippen molar-refractivity contribution in [3.63, 3.8) is 0 Å². The van der Waals surface area contributed by atoms with Crippen LogP contribution in [0.5, 0.6) is 0 Å². The lowest BCUT2D eigenvalue weighted by molar-refractivity contribution is -0.384. The molecule has 9 heteroatoms. The molecule has 1 atom stereocenters. The standard InChI is InChI=1S/C17H13Cl2N3O4/c1-17(13-7-4-11(18)8-14(13)19)15(23)21(16(24)20-17)9-10-2-5-12(6-3-10)22(25)26/h2-8H,9H2,1H3,(H,20,24)/t17-/m0/s1. The number of non-ortho nitro benzene ring substituents is 1. The first-order chi connectivity index (χ1) is 12.2. The quantitative estimate of drug-likeness (QED) is 0.484. The van der Waals surface area contributed by atoms with Gasteiger partial charge in [0.2, 0.25) is 0 Å². The summed E-state index contributed by atoms with van der Waals surface area (Å²) >= 11 is 12.1. The first kappa shape index (κ1) is 18.2. The highest BCUT2D eigenvalue weighted by atomic mass is 35.5. The van der Waals surface area contributed by atoms with Gasteiger partial charge in [0, 0.05) is 27.7 Å². The molecule has 1 N–H and O–H groups in total. The highest BCUT2D eigenvalue weighted by Gasteiger charge is 2.49. The predicted octanol–water partition coefficient (Wildman–Crippen LogP) is 3.87. The summed E-state index contributed by atoms with van der Waals surface area (Å²) < 4.78 is 0. The number of nitro groups is 1. The molecule has 0 radical (unpaired) electrons. The summed E-state index contributed by atoms with van der Waals surface area (Å²) in [5, 5.41) is 14.1. The van der Waals surface area contributed by atoms with Crippen LogP contribution >= 0.6 is 23.2 Å². The molecule has 134 valence electrons. The van der Waals surface area contributed by atoms with Gasteiger partial charge in [-0.2, -0.15) is 0 Å². The number of nitrogens with zero attached hydrogens (tertiary/aromatic N) is 2. The second-order valence-corrected chi connectivity index (χ2v) is 6.84. The van der Waals surface area contributed by atoms with Gasteiger partial charge in [-0.25, -0.2) is 4.79 Å². The lowest BCUT2D eigenvalue weighted by atomic mass is 9.92. The van der Waals surface area contributed by atoms with Crippen LogP contribution in [0.4, 0.5) is 10.5 Å². The van der Waals surface area contributed by atoms with Crippen molar-refractivity contribution in [3.8, 4) is 0 Å². The predicted molar refractivity (Wildman–Crippen MR) is 96.0 cm³/mol. The molecule has 26 heavy (non-hydrogen) atoms. The summed E-state index contributed by atoms with van der Waals surface area (Å²) in [6.07, 6.45) is 0. The van der Waals surface area contributed by atoms with E-state index in [0.717, 1.165) is 4.90 Å². The fourth-order valence-electron chi connectivity index (χ4n) is 2.82. The fraction of sp³-hybridized carbons (Fsp3) is 0.176. The number of halogens is 2. The molecule has 0 spiro atoms. The molecule has 7 nitrogen and oxygen atoms in total. The van der Waals surface area contributed by atoms with Crippen molar-refractivity contribution in [2.24, 2.45) is 0 Å². The summed E-state index contributed by atoms with van der Waals surface area (Å²) in [4.78, 5) is 36.5. The second-order valence-electron chi connectivity index (χ2n) is 5.99. The lowest BCUT2D eigenvalue weighted by Gasteiger charge is -2.23. The van der Waals surface area contributed by atoms with Crippen LogP contribution in [0, 0.1) is 10.1 Å². The molecule has 0 unspecified atom stereocenters. The Hall–Kier alpha value is -2.64. The molecule has 1 aliphatic rings. The fourth-order valence-corrected chi connectivity index (χ4v) is 3.42. The highest BCUT2D eigenvalue weighted by molar-refractivity contribution is 6.35. The number of hydrogen-bond donors (Lipinski definition) is 1. The molecule has 0 bridgehead atoms. The summed E-state index contributed by atoms with van der Waals surface area (Å²) in [6, 6.07) is 9.77. The third-order valence-corrected chi connectivity index (χ3v) is 4.78. The average Bonchev–Trinajstić information content (AvgIpc) is 2.79. The molecule has 3 amide bonds. The minimum atomic E-state index is -1.32. The monoisotopic (exact) mass is 393 g/mol. The average molecular weight is 394 g/mol. The van der Waals surface area contributed by atoms with Crippen molar-refractivity contribution < 1.29 is 14.5 Å². The van der Waals surface area contributed by atoms with Crippen molar-refractivity contribution in [1.82, 2.24) is 10.2 Å². The van der Waals surface area contributed by atoms with E-state index in [1.165, 1.54) is 30.3 Å². The van der Waals surface area contributed by atoms with Crippen LogP contribution in [-0.2, 0) is 16.9 Å². The molecule has 1 aliphatic heterocycles. The Labute approximate surface area is 158 Å². The number of carbonyl (C=O) groups excluding carboxylic acids is 2. The minimum absolute atomic E-state index is 0.0105. The van der Waals surface area contributed by atoms with Gasteiger partial charge in [-0.15, -0.1) is 0 Å². The third kappa shape index (κ3) is 3.11. The zero-order valence-electron chi connectivity index (χ0n) is 13.5. The first-order valence-corrected chi connectivity index (χ1v) is 8.31. The van der Waals surface area contributed by atoms with E-state index in [-0.39, 0.29) is 17.3 Å². The summed E-state index contributed by atoms with van der Waals surface area (Å²) in [6.45, 7) is 1.56. The Morgan fingerprint density at radius 1 is 1.15 bits per heavy atom. The van der Waals surface area contributed by atoms with Crippen LogP contribution in [0.15, 0.2) is 42.5 Å². The van der Waals surface area contributed by atoms with Crippen molar-refractivity contribution >= 4 is 40.8 Å². The number of benzene rings is 2. The van der Waals surface area contributed by atoms with E-state index in [2.05, 4.69) is 5.32 Å². The molecule has 1 fully saturated rings. The van der Waals surface area contributed by atoms with Crippen LogP contribution in [0.25, 0.3) is 0 Å². The zero-order valence-corrected chi connectivity index (χ0v) is 15.0. The second kappa shape index (κ2) is 6.59. The summed E-state index contributed by atoms with van der Waals surface area (Å²) in [7, 11) is 0. The number of urea groups is 1. The highest BCUT2D eigenvalue weighted by Crippen LogP contribution is 2.35. The summed E-state index contributed by atoms with van der Waals surface area (Å²) in [5.41, 5.74) is -0.359. The van der Waals surface area contributed by atoms with E-state index in [1.807, 2.05) is 0 Å². The molecular formula is C17H13Cl2N3O4. The Kier molecular flexibility index (Phi) is 4.60. The number of amides is 3. The van der Waals surface area contributed by atoms with Gasteiger partial charge in [0.1, 0.15) is 5.54 Å². The Morgan fingerprint density at radius 2 is 1.81 bits per heavy atom. The topological polar surface area (TPSA) is 92.6 Å². The van der Waals surface area contributed by atoms with E-state index < -0.39 is 22.4 Å². The van der Waals surface area contributed by atoms with Crippen molar-refractivity contribution in [2.45, 2.75) is 19.0 Å². The van der Waals surface area contributed by atoms with Gasteiger partial charge in [0.25, 0.3) is 11.6 Å². The molecule has 0 saturated carbocycles. The molecule has 3 rings (SSSR count). The van der Waals surface area contributed by atoms with E-state index in [0.29, 0.717) is 16.1 Å². The number of hydrogen-bond acceptors (Lipinski definition) is 4. The number of rotatable bonds is 4. The van der Waals surface area contributed by atoms with E-state index in [1.54, 1.807) is 19.1 Å². The minimum Gasteiger partial charge on any atom is -0.319 e. The Balaban J connectivity index is 1.87. The molecule has 0 aliphatic carbocycles. The van der Waals surface area contributed by atoms with Gasteiger partial charge in [0.05, 0.1) is 11.5 Å². The van der Waals surface area contributed by atoms with E-state index in [4.69, 9.17) is 23.2 Å². The number of imide groups is 1. The number of nitro benzene ring substituents is 1.